The summed E-state index contributed by atoms with van der Waals surface area (Å²) < 4.78 is 17.7. The molecule has 0 saturated carbocycles. The molecule has 1 fully saturated rings. The first-order chi connectivity index (χ1) is 18.2. The van der Waals surface area contributed by atoms with Gasteiger partial charge in [-0.3, -0.25) is 9.91 Å². The SMILES string of the molecule is COCCOc1ccc(N2CCN(CCN3N=CC4c5nc(-c6ccco6)nn5C(N)=NC43)CC2)cc1. The van der Waals surface area contributed by atoms with Gasteiger partial charge in [0.1, 0.15) is 18.2 Å². The van der Waals surface area contributed by atoms with Crippen molar-refractivity contribution in [1.82, 2.24) is 24.7 Å². The molecule has 3 aliphatic heterocycles. The predicted molar refractivity (Wildman–Crippen MR) is 139 cm³/mol. The lowest BCUT2D eigenvalue weighted by Crippen LogP contribution is -2.49. The third kappa shape index (κ3) is 4.77. The van der Waals surface area contributed by atoms with E-state index >= 15 is 0 Å². The largest absolute Gasteiger partial charge is 0.491 e. The third-order valence-electron chi connectivity index (χ3n) is 6.93. The summed E-state index contributed by atoms with van der Waals surface area (Å²) in [6, 6.07) is 11.9. The number of fused-ring (bicyclic) bond motifs is 3. The van der Waals surface area contributed by atoms with Crippen molar-refractivity contribution in [3.8, 4) is 17.3 Å². The zero-order valence-corrected chi connectivity index (χ0v) is 20.8. The van der Waals surface area contributed by atoms with E-state index in [0.29, 0.717) is 30.8 Å². The summed E-state index contributed by atoms with van der Waals surface area (Å²) in [6.07, 6.45) is 3.30. The fourth-order valence-electron chi connectivity index (χ4n) is 4.90. The number of aromatic nitrogens is 3. The minimum Gasteiger partial charge on any atom is -0.491 e. The monoisotopic (exact) mass is 505 g/mol. The quantitative estimate of drug-likeness (QED) is 0.428. The standard InChI is InChI=1S/C25H31N9O3/c1-35-15-16-36-19-6-4-18(5-7-19)32-11-8-31(9-12-32)10-13-33-23-20(17-27-33)24-28-22(21-3-2-14-37-21)30-34(24)25(26)29-23/h2-7,14,17,20,23H,8-13,15-16H2,1H3,(H2,26,29). The molecule has 2 atom stereocenters. The summed E-state index contributed by atoms with van der Waals surface area (Å²) in [5.74, 6) is 2.92. The van der Waals surface area contributed by atoms with Crippen molar-refractivity contribution in [3.63, 3.8) is 0 Å². The molecule has 2 aromatic heterocycles. The van der Waals surface area contributed by atoms with Gasteiger partial charge in [-0.2, -0.15) is 9.78 Å². The number of nitrogens with two attached hydrogens (primary N) is 1. The molecule has 0 bridgehead atoms. The Labute approximate surface area is 215 Å². The second-order valence-electron chi connectivity index (χ2n) is 9.20. The number of nitrogens with zero attached hydrogens (tertiary/aromatic N) is 8. The topological polar surface area (TPSA) is 123 Å². The summed E-state index contributed by atoms with van der Waals surface area (Å²) >= 11 is 0. The zero-order valence-electron chi connectivity index (χ0n) is 20.8. The molecule has 0 amide bonds. The van der Waals surface area contributed by atoms with Crippen LogP contribution in [0.2, 0.25) is 0 Å². The molecule has 1 aromatic carbocycles. The van der Waals surface area contributed by atoms with Crippen molar-refractivity contribution in [2.75, 3.05) is 64.5 Å². The molecule has 5 heterocycles. The molecule has 194 valence electrons. The molecule has 0 radical (unpaired) electrons. The van der Waals surface area contributed by atoms with E-state index in [2.05, 4.69) is 42.1 Å². The third-order valence-corrected chi connectivity index (χ3v) is 6.93. The second-order valence-corrected chi connectivity index (χ2v) is 9.20. The van der Waals surface area contributed by atoms with E-state index in [1.807, 2.05) is 35.5 Å². The average Bonchev–Trinajstić information content (AvgIpc) is 3.68. The highest BCUT2D eigenvalue weighted by Gasteiger charge is 2.40. The average molecular weight is 506 g/mol. The van der Waals surface area contributed by atoms with Crippen LogP contribution in [0.4, 0.5) is 5.69 Å². The maximum atomic E-state index is 6.25. The molecule has 0 aliphatic carbocycles. The van der Waals surface area contributed by atoms with Crippen LogP contribution in [-0.4, -0.2) is 103 Å². The predicted octanol–water partition coefficient (Wildman–Crippen LogP) is 1.27. The van der Waals surface area contributed by atoms with Gasteiger partial charge in [0, 0.05) is 51.7 Å². The molecule has 6 rings (SSSR count). The van der Waals surface area contributed by atoms with Gasteiger partial charge in [0.15, 0.2) is 11.9 Å². The molecule has 12 nitrogen and oxygen atoms in total. The van der Waals surface area contributed by atoms with Crippen LogP contribution in [0.5, 0.6) is 5.75 Å². The lowest BCUT2D eigenvalue weighted by Gasteiger charge is -2.37. The Hall–Kier alpha value is -3.90. The lowest BCUT2D eigenvalue weighted by atomic mass is 10.1. The van der Waals surface area contributed by atoms with Gasteiger partial charge in [-0.05, 0) is 36.4 Å². The van der Waals surface area contributed by atoms with E-state index < -0.39 is 0 Å². The van der Waals surface area contributed by atoms with E-state index in [4.69, 9.17) is 19.6 Å². The van der Waals surface area contributed by atoms with Crippen LogP contribution in [-0.2, 0) is 4.74 Å². The van der Waals surface area contributed by atoms with Crippen LogP contribution < -0.4 is 15.4 Å². The van der Waals surface area contributed by atoms with E-state index in [-0.39, 0.29) is 12.1 Å². The summed E-state index contributed by atoms with van der Waals surface area (Å²) in [5, 5.41) is 11.1. The molecular weight excluding hydrogens is 474 g/mol. The van der Waals surface area contributed by atoms with E-state index in [1.54, 1.807) is 18.1 Å². The second kappa shape index (κ2) is 10.2. The fraction of sp³-hybridized carbons (Fsp3) is 0.440. The number of hydrazone groups is 1. The molecule has 3 aliphatic rings. The normalized spacial score (nSPS) is 21.2. The van der Waals surface area contributed by atoms with Gasteiger partial charge in [0.05, 0.1) is 25.3 Å². The van der Waals surface area contributed by atoms with Crippen LogP contribution >= 0.6 is 0 Å². The first-order valence-corrected chi connectivity index (χ1v) is 12.5. The van der Waals surface area contributed by atoms with Crippen molar-refractivity contribution < 1.29 is 13.9 Å². The maximum absolute atomic E-state index is 6.25. The molecule has 0 spiro atoms. The van der Waals surface area contributed by atoms with Gasteiger partial charge < -0.3 is 24.5 Å². The Morgan fingerprint density at radius 1 is 1.05 bits per heavy atom. The van der Waals surface area contributed by atoms with Gasteiger partial charge in [-0.25, -0.2) is 9.98 Å². The summed E-state index contributed by atoms with van der Waals surface area (Å²) in [5.41, 5.74) is 7.47. The van der Waals surface area contributed by atoms with Crippen molar-refractivity contribution in [2.45, 2.75) is 12.1 Å². The number of rotatable bonds is 9. The van der Waals surface area contributed by atoms with Gasteiger partial charge in [0.2, 0.25) is 11.8 Å². The number of hydrogen-bond donors (Lipinski definition) is 1. The number of anilines is 1. The molecule has 3 aromatic rings. The first kappa shape index (κ1) is 23.5. The van der Waals surface area contributed by atoms with Gasteiger partial charge >= 0.3 is 0 Å². The minimum atomic E-state index is -0.202. The number of aliphatic imine (C=N–C) groups is 1. The van der Waals surface area contributed by atoms with Crippen molar-refractivity contribution in [1.29, 1.82) is 0 Å². The fourth-order valence-corrected chi connectivity index (χ4v) is 4.90. The number of methoxy groups -OCH3 is 1. The van der Waals surface area contributed by atoms with Crippen LogP contribution in [0.3, 0.4) is 0 Å². The number of hydrogen-bond acceptors (Lipinski definition) is 11. The maximum Gasteiger partial charge on any atom is 0.220 e. The first-order valence-electron chi connectivity index (χ1n) is 12.5. The summed E-state index contributed by atoms with van der Waals surface area (Å²) in [6.45, 7) is 6.74. The van der Waals surface area contributed by atoms with E-state index in [9.17, 15) is 0 Å². The van der Waals surface area contributed by atoms with Crippen LogP contribution in [0.25, 0.3) is 11.6 Å². The number of ether oxygens (including phenoxy) is 2. The van der Waals surface area contributed by atoms with Gasteiger partial charge in [-0.1, -0.05) is 0 Å². The summed E-state index contributed by atoms with van der Waals surface area (Å²) in [4.78, 5) is 14.2. The molecule has 12 heteroatoms. The highest BCUT2D eigenvalue weighted by molar-refractivity contribution is 5.85. The number of furan rings is 1. The highest BCUT2D eigenvalue weighted by atomic mass is 16.5. The zero-order chi connectivity index (χ0) is 25.2. The molecular formula is C25H31N9O3. The molecule has 2 unspecified atom stereocenters. The van der Waals surface area contributed by atoms with Crippen molar-refractivity contribution in [2.24, 2.45) is 15.8 Å². The molecule has 37 heavy (non-hydrogen) atoms. The Morgan fingerprint density at radius 2 is 1.89 bits per heavy atom. The Bertz CT molecular complexity index is 1250. The lowest BCUT2D eigenvalue weighted by molar-refractivity contribution is 0.146. The highest BCUT2D eigenvalue weighted by Crippen LogP contribution is 2.31. The van der Waals surface area contributed by atoms with Crippen LogP contribution in [0.1, 0.15) is 11.7 Å². The van der Waals surface area contributed by atoms with E-state index in [1.165, 1.54) is 5.69 Å². The van der Waals surface area contributed by atoms with Crippen LogP contribution in [0.15, 0.2) is 57.2 Å². The molecule has 1 saturated heterocycles. The minimum absolute atomic E-state index is 0.0955. The number of benzene rings is 1. The Balaban J connectivity index is 1.01. The van der Waals surface area contributed by atoms with Crippen molar-refractivity contribution >= 4 is 17.9 Å². The molecule has 2 N–H and O–H groups in total. The van der Waals surface area contributed by atoms with Crippen LogP contribution in [0, 0.1) is 0 Å². The van der Waals surface area contributed by atoms with Gasteiger partial charge in [-0.15, -0.1) is 5.10 Å². The van der Waals surface area contributed by atoms with Gasteiger partial charge in [0.25, 0.3) is 0 Å². The van der Waals surface area contributed by atoms with Crippen molar-refractivity contribution in [3.05, 3.63) is 48.5 Å². The number of piperazine rings is 1. The Morgan fingerprint density at radius 3 is 2.65 bits per heavy atom. The Kier molecular flexibility index (Phi) is 6.49. The summed E-state index contributed by atoms with van der Waals surface area (Å²) in [7, 11) is 1.67. The van der Waals surface area contributed by atoms with E-state index in [0.717, 1.165) is 50.8 Å². The smallest absolute Gasteiger partial charge is 0.220 e.